The van der Waals surface area contributed by atoms with E-state index in [0.717, 1.165) is 33.3 Å². The molecule has 0 aliphatic carbocycles. The van der Waals surface area contributed by atoms with Gasteiger partial charge in [0.1, 0.15) is 0 Å². The Hall–Kier alpha value is -7.99. The fourth-order valence-electron chi connectivity index (χ4n) is 8.92. The average molecular weight is 809 g/mol. The SMILES string of the molecule is c1ccc(-c2ccc(-n3c4ccccc4c4cc(-c5ccc6sc7cccc(-c8nc(-c9ccccc9)nc(-c9ccccc9)n8)c7c6c5)ccc43)c(-c3ccccc3)c2)cc1. The molecule has 5 heteroatoms. The fourth-order valence-corrected chi connectivity index (χ4v) is 10.0. The van der Waals surface area contributed by atoms with Crippen LogP contribution in [0, 0.1) is 0 Å². The molecule has 0 amide bonds. The van der Waals surface area contributed by atoms with E-state index in [1.807, 2.05) is 36.4 Å². The summed E-state index contributed by atoms with van der Waals surface area (Å²) in [5.74, 6) is 1.97. The Morgan fingerprint density at radius 1 is 0.306 bits per heavy atom. The van der Waals surface area contributed by atoms with Gasteiger partial charge in [-0.1, -0.05) is 170 Å². The van der Waals surface area contributed by atoms with Crippen molar-refractivity contribution in [1.29, 1.82) is 0 Å². The third-order valence-corrected chi connectivity index (χ3v) is 13.0. The maximum Gasteiger partial charge on any atom is 0.164 e. The summed E-state index contributed by atoms with van der Waals surface area (Å²) < 4.78 is 4.86. The zero-order valence-corrected chi connectivity index (χ0v) is 34.3. The number of para-hydroxylation sites is 1. The lowest BCUT2D eigenvalue weighted by atomic mass is 9.97. The fraction of sp³-hybridized carbons (Fsp3) is 0. The number of fused-ring (bicyclic) bond motifs is 6. The van der Waals surface area contributed by atoms with Crippen LogP contribution >= 0.6 is 11.3 Å². The van der Waals surface area contributed by atoms with E-state index < -0.39 is 0 Å². The number of benzene rings is 9. The highest BCUT2D eigenvalue weighted by atomic mass is 32.1. The molecule has 290 valence electrons. The molecule has 0 unspecified atom stereocenters. The Bertz CT molecular complexity index is 3560. The second kappa shape index (κ2) is 14.9. The summed E-state index contributed by atoms with van der Waals surface area (Å²) in [7, 11) is 0. The molecule has 3 aromatic heterocycles. The molecule has 0 spiro atoms. The lowest BCUT2D eigenvalue weighted by molar-refractivity contribution is 1.08. The molecule has 0 saturated carbocycles. The van der Waals surface area contributed by atoms with Crippen LogP contribution in [-0.4, -0.2) is 19.5 Å². The average Bonchev–Trinajstić information content (AvgIpc) is 3.90. The van der Waals surface area contributed by atoms with Gasteiger partial charge in [-0.15, -0.1) is 11.3 Å². The molecule has 9 aromatic carbocycles. The van der Waals surface area contributed by atoms with Crippen LogP contribution in [0.5, 0.6) is 0 Å². The van der Waals surface area contributed by atoms with E-state index in [9.17, 15) is 0 Å². The van der Waals surface area contributed by atoms with Crippen molar-refractivity contribution in [3.8, 4) is 73.2 Å². The van der Waals surface area contributed by atoms with Crippen LogP contribution in [0.3, 0.4) is 0 Å². The molecule has 4 nitrogen and oxygen atoms in total. The summed E-state index contributed by atoms with van der Waals surface area (Å²) in [5, 5.41) is 4.78. The molecule has 0 saturated heterocycles. The quantitative estimate of drug-likeness (QED) is 0.161. The standard InChI is InChI=1S/C57H36N4S/c1-5-16-37(17-6-1)41-28-31-50(46(34-41)38-18-7-2-8-19-38)61-49-26-14-13-24-44(49)47-35-42(29-32-51(47)61)43-30-33-52-48(36-43)54-45(25-15-27-53(54)62-52)57-59-55(39-20-9-3-10-21-39)58-56(60-57)40-22-11-4-12-23-40/h1-36H. The van der Waals surface area contributed by atoms with Gasteiger partial charge in [-0.05, 0) is 76.3 Å². The normalized spacial score (nSPS) is 11.5. The van der Waals surface area contributed by atoms with E-state index in [4.69, 9.17) is 15.0 Å². The molecule has 0 atom stereocenters. The van der Waals surface area contributed by atoms with E-state index in [1.165, 1.54) is 64.4 Å². The molecule has 0 radical (unpaired) electrons. The first-order chi connectivity index (χ1) is 30.7. The molecule has 0 N–H and O–H groups in total. The van der Waals surface area contributed by atoms with Crippen LogP contribution in [0.4, 0.5) is 0 Å². The number of nitrogens with zero attached hydrogens (tertiary/aromatic N) is 4. The van der Waals surface area contributed by atoms with Crippen molar-refractivity contribution in [1.82, 2.24) is 19.5 Å². The van der Waals surface area contributed by atoms with E-state index in [-0.39, 0.29) is 0 Å². The largest absolute Gasteiger partial charge is 0.309 e. The predicted octanol–water partition coefficient (Wildman–Crippen LogP) is 15.3. The Balaban J connectivity index is 1.02. The third kappa shape index (κ3) is 6.18. The van der Waals surface area contributed by atoms with Gasteiger partial charge < -0.3 is 4.57 Å². The molecule has 0 aliphatic rings. The van der Waals surface area contributed by atoms with Gasteiger partial charge >= 0.3 is 0 Å². The molecule has 3 heterocycles. The Labute approximate surface area is 362 Å². The first-order valence-electron chi connectivity index (χ1n) is 20.8. The van der Waals surface area contributed by atoms with Gasteiger partial charge in [0.25, 0.3) is 0 Å². The summed E-state index contributed by atoms with van der Waals surface area (Å²) in [4.78, 5) is 15.2. The van der Waals surface area contributed by atoms with Crippen LogP contribution in [0.25, 0.3) is 115 Å². The van der Waals surface area contributed by atoms with Gasteiger partial charge in [0, 0.05) is 53.2 Å². The van der Waals surface area contributed by atoms with Crippen molar-refractivity contribution in [2.75, 3.05) is 0 Å². The van der Waals surface area contributed by atoms with Crippen molar-refractivity contribution in [3.05, 3.63) is 218 Å². The minimum Gasteiger partial charge on any atom is -0.309 e. The molecular formula is C57H36N4S. The topological polar surface area (TPSA) is 43.6 Å². The van der Waals surface area contributed by atoms with Gasteiger partial charge in [-0.25, -0.2) is 15.0 Å². The van der Waals surface area contributed by atoms with E-state index >= 15 is 0 Å². The molecule has 0 aliphatic heterocycles. The number of hydrogen-bond donors (Lipinski definition) is 0. The van der Waals surface area contributed by atoms with E-state index in [2.05, 4.69) is 187 Å². The minimum absolute atomic E-state index is 0.655. The highest BCUT2D eigenvalue weighted by molar-refractivity contribution is 7.26. The maximum absolute atomic E-state index is 5.13. The van der Waals surface area contributed by atoms with Crippen LogP contribution in [-0.2, 0) is 0 Å². The number of hydrogen-bond acceptors (Lipinski definition) is 4. The highest BCUT2D eigenvalue weighted by Gasteiger charge is 2.20. The molecule has 12 aromatic rings. The Kier molecular flexibility index (Phi) is 8.65. The summed E-state index contributed by atoms with van der Waals surface area (Å²) in [6, 6.07) is 77.7. The van der Waals surface area contributed by atoms with Crippen LogP contribution in [0.2, 0.25) is 0 Å². The second-order valence-corrected chi connectivity index (χ2v) is 16.7. The van der Waals surface area contributed by atoms with Gasteiger partial charge in [-0.2, -0.15) is 0 Å². The summed E-state index contributed by atoms with van der Waals surface area (Å²) in [6.45, 7) is 0. The van der Waals surface area contributed by atoms with E-state index in [1.54, 1.807) is 11.3 Å². The monoisotopic (exact) mass is 808 g/mol. The first kappa shape index (κ1) is 35.9. The zero-order valence-electron chi connectivity index (χ0n) is 33.5. The summed E-state index contributed by atoms with van der Waals surface area (Å²) in [6.07, 6.45) is 0. The minimum atomic E-state index is 0.655. The van der Waals surface area contributed by atoms with Gasteiger partial charge in [0.2, 0.25) is 0 Å². The number of thiophene rings is 1. The lowest BCUT2D eigenvalue weighted by Crippen LogP contribution is -2.00. The summed E-state index contributed by atoms with van der Waals surface area (Å²) in [5.41, 5.74) is 13.5. The molecular weight excluding hydrogens is 773 g/mol. The Morgan fingerprint density at radius 2 is 0.839 bits per heavy atom. The van der Waals surface area contributed by atoms with Gasteiger partial charge in [0.05, 0.1) is 16.7 Å². The summed E-state index contributed by atoms with van der Waals surface area (Å²) >= 11 is 1.81. The van der Waals surface area contributed by atoms with E-state index in [0.29, 0.717) is 17.5 Å². The molecule has 0 bridgehead atoms. The lowest BCUT2D eigenvalue weighted by Gasteiger charge is -2.16. The molecule has 62 heavy (non-hydrogen) atoms. The van der Waals surface area contributed by atoms with Crippen molar-refractivity contribution < 1.29 is 0 Å². The van der Waals surface area contributed by atoms with Crippen LogP contribution < -0.4 is 0 Å². The van der Waals surface area contributed by atoms with Crippen molar-refractivity contribution >= 4 is 53.3 Å². The molecule has 0 fully saturated rings. The Morgan fingerprint density at radius 3 is 1.53 bits per heavy atom. The maximum atomic E-state index is 5.13. The van der Waals surface area contributed by atoms with Crippen LogP contribution in [0.1, 0.15) is 0 Å². The number of rotatable bonds is 7. The van der Waals surface area contributed by atoms with Crippen molar-refractivity contribution in [2.45, 2.75) is 0 Å². The van der Waals surface area contributed by atoms with Gasteiger partial charge in [-0.3, -0.25) is 0 Å². The highest BCUT2D eigenvalue weighted by Crippen LogP contribution is 2.43. The van der Waals surface area contributed by atoms with Gasteiger partial charge in [0.15, 0.2) is 17.5 Å². The third-order valence-electron chi connectivity index (χ3n) is 11.9. The van der Waals surface area contributed by atoms with Crippen molar-refractivity contribution in [2.24, 2.45) is 0 Å². The smallest absolute Gasteiger partial charge is 0.164 e. The molecule has 12 rings (SSSR count). The zero-order chi connectivity index (χ0) is 41.0. The number of aromatic nitrogens is 4. The predicted molar refractivity (Wildman–Crippen MR) is 260 cm³/mol. The van der Waals surface area contributed by atoms with Crippen LogP contribution in [0.15, 0.2) is 218 Å². The first-order valence-corrected chi connectivity index (χ1v) is 21.7. The van der Waals surface area contributed by atoms with Crippen molar-refractivity contribution in [3.63, 3.8) is 0 Å². The second-order valence-electron chi connectivity index (χ2n) is 15.6.